The second-order valence-corrected chi connectivity index (χ2v) is 9.61. The third kappa shape index (κ3) is 4.33. The number of hydrogen-bond donors (Lipinski definition) is 2. The third-order valence-corrected chi connectivity index (χ3v) is 6.97. The molecule has 5 nitrogen and oxygen atoms in total. The molecule has 2 heterocycles. The fraction of sp³-hybridized carbons (Fsp3) is 0.762. The minimum atomic E-state index is -4.17. The molecule has 0 bridgehead atoms. The quantitative estimate of drug-likeness (QED) is 0.794. The van der Waals surface area contributed by atoms with Crippen LogP contribution in [0.1, 0.15) is 45.2 Å². The summed E-state index contributed by atoms with van der Waals surface area (Å²) >= 11 is 0. The number of aromatic nitrogens is 1. The largest absolute Gasteiger partial charge is 0.401 e. The molecule has 3 aliphatic rings. The Morgan fingerprint density at radius 1 is 1.14 bits per heavy atom. The molecule has 29 heavy (non-hydrogen) atoms. The van der Waals surface area contributed by atoms with Gasteiger partial charge in [0.2, 0.25) is 0 Å². The van der Waals surface area contributed by atoms with E-state index in [0.717, 1.165) is 30.0 Å². The number of piperazine rings is 1. The number of anilines is 2. The minimum absolute atomic E-state index is 0.180. The SMILES string of the molecule is Cc1nc(N2CC(C)N(CC(F)(F)F)C(C)C2)ccc1NC1CC2(CC(N)C2)C1. The number of alkyl halides is 3. The monoisotopic (exact) mass is 411 g/mol. The zero-order valence-electron chi connectivity index (χ0n) is 17.5. The molecule has 8 heteroatoms. The molecular formula is C21H32F3N5. The average Bonchev–Trinajstić information content (AvgIpc) is 2.55. The van der Waals surface area contributed by atoms with E-state index in [1.807, 2.05) is 26.8 Å². The lowest BCUT2D eigenvalue weighted by Gasteiger charge is -2.57. The van der Waals surface area contributed by atoms with Crippen molar-refractivity contribution in [2.24, 2.45) is 11.1 Å². The number of nitrogens with one attached hydrogen (secondary N) is 1. The van der Waals surface area contributed by atoms with Crippen LogP contribution in [0.15, 0.2) is 12.1 Å². The number of nitrogens with zero attached hydrogens (tertiary/aromatic N) is 3. The Kier molecular flexibility index (Phi) is 5.22. The van der Waals surface area contributed by atoms with Gasteiger partial charge in [0.1, 0.15) is 5.82 Å². The van der Waals surface area contributed by atoms with Crippen molar-refractivity contribution < 1.29 is 13.2 Å². The summed E-state index contributed by atoms with van der Waals surface area (Å²) < 4.78 is 38.6. The van der Waals surface area contributed by atoms with Gasteiger partial charge in [0.05, 0.1) is 17.9 Å². The Labute approximate surface area is 170 Å². The van der Waals surface area contributed by atoms with Gasteiger partial charge in [0.15, 0.2) is 0 Å². The summed E-state index contributed by atoms with van der Waals surface area (Å²) in [5.41, 5.74) is 8.41. The molecule has 1 aromatic heterocycles. The molecule has 1 saturated heterocycles. The van der Waals surface area contributed by atoms with Crippen molar-refractivity contribution in [3.63, 3.8) is 0 Å². The van der Waals surface area contributed by atoms with Gasteiger partial charge in [-0.25, -0.2) is 4.98 Å². The zero-order valence-corrected chi connectivity index (χ0v) is 17.5. The van der Waals surface area contributed by atoms with Crippen LogP contribution in [-0.4, -0.2) is 59.9 Å². The van der Waals surface area contributed by atoms with Gasteiger partial charge < -0.3 is 16.0 Å². The number of halogens is 3. The van der Waals surface area contributed by atoms with Crippen LogP contribution in [0.5, 0.6) is 0 Å². The lowest BCUT2D eigenvalue weighted by molar-refractivity contribution is -0.156. The van der Waals surface area contributed by atoms with Gasteiger partial charge in [-0.05, 0) is 64.0 Å². The van der Waals surface area contributed by atoms with Crippen LogP contribution >= 0.6 is 0 Å². The molecule has 0 radical (unpaired) electrons. The van der Waals surface area contributed by atoms with Crippen molar-refractivity contribution in [3.8, 4) is 0 Å². The fourth-order valence-corrected chi connectivity index (χ4v) is 5.63. The number of nitrogens with two attached hydrogens (primary N) is 1. The van der Waals surface area contributed by atoms with E-state index < -0.39 is 12.7 Å². The summed E-state index contributed by atoms with van der Waals surface area (Å²) in [6.45, 7) is 5.94. The van der Waals surface area contributed by atoms with Gasteiger partial charge in [-0.2, -0.15) is 13.2 Å². The topological polar surface area (TPSA) is 57.4 Å². The van der Waals surface area contributed by atoms with Crippen LogP contribution in [0.2, 0.25) is 0 Å². The number of pyridine rings is 1. The Bertz CT molecular complexity index is 726. The molecule has 1 aromatic rings. The van der Waals surface area contributed by atoms with E-state index in [-0.39, 0.29) is 12.1 Å². The third-order valence-electron chi connectivity index (χ3n) is 6.97. The van der Waals surface area contributed by atoms with Crippen LogP contribution in [0.4, 0.5) is 24.7 Å². The standard InChI is InChI=1S/C21H32F3N5/c1-13-10-28(11-14(2)29(13)12-21(22,23)24)19-5-4-18(15(3)26-19)27-17-8-20(9-17)6-16(25)7-20/h4-5,13-14,16-17,27H,6-12,25H2,1-3H3. The maximum Gasteiger partial charge on any atom is 0.401 e. The highest BCUT2D eigenvalue weighted by molar-refractivity contribution is 5.55. The van der Waals surface area contributed by atoms with Crippen LogP contribution in [0.3, 0.4) is 0 Å². The van der Waals surface area contributed by atoms with Gasteiger partial charge in [-0.15, -0.1) is 0 Å². The van der Waals surface area contributed by atoms with Crippen LogP contribution in [-0.2, 0) is 0 Å². The normalized spacial score (nSPS) is 35.3. The van der Waals surface area contributed by atoms with Crippen molar-refractivity contribution in [2.75, 3.05) is 29.9 Å². The average molecular weight is 412 g/mol. The molecule has 2 aliphatic carbocycles. The summed E-state index contributed by atoms with van der Waals surface area (Å²) in [6.07, 6.45) is 0.490. The van der Waals surface area contributed by atoms with E-state index in [4.69, 9.17) is 10.7 Å². The second kappa shape index (κ2) is 7.30. The second-order valence-electron chi connectivity index (χ2n) is 9.61. The lowest BCUT2D eigenvalue weighted by atomic mass is 9.52. The van der Waals surface area contributed by atoms with Crippen molar-refractivity contribution in [2.45, 2.75) is 76.8 Å². The molecule has 0 aromatic carbocycles. The smallest absolute Gasteiger partial charge is 0.381 e. The summed E-state index contributed by atoms with van der Waals surface area (Å²) in [5.74, 6) is 0.841. The number of aryl methyl sites for hydroxylation is 1. The van der Waals surface area contributed by atoms with Gasteiger partial charge in [-0.3, -0.25) is 4.90 Å². The molecule has 4 rings (SSSR count). The molecule has 2 unspecified atom stereocenters. The molecule has 2 saturated carbocycles. The van der Waals surface area contributed by atoms with Crippen LogP contribution < -0.4 is 16.0 Å². The summed E-state index contributed by atoms with van der Waals surface area (Å²) in [7, 11) is 0. The van der Waals surface area contributed by atoms with Gasteiger partial charge >= 0.3 is 6.18 Å². The summed E-state index contributed by atoms with van der Waals surface area (Å²) in [5, 5.41) is 3.61. The minimum Gasteiger partial charge on any atom is -0.381 e. The van der Waals surface area contributed by atoms with E-state index in [9.17, 15) is 13.2 Å². The van der Waals surface area contributed by atoms with Crippen molar-refractivity contribution in [3.05, 3.63) is 17.8 Å². The highest BCUT2D eigenvalue weighted by Crippen LogP contribution is 2.55. The molecule has 3 N–H and O–H groups in total. The molecule has 2 atom stereocenters. The zero-order chi connectivity index (χ0) is 21.0. The van der Waals surface area contributed by atoms with E-state index in [0.29, 0.717) is 30.6 Å². The first-order chi connectivity index (χ1) is 13.5. The van der Waals surface area contributed by atoms with Crippen molar-refractivity contribution in [1.29, 1.82) is 0 Å². The molecule has 3 fully saturated rings. The molecule has 0 amide bonds. The Morgan fingerprint density at radius 2 is 1.76 bits per heavy atom. The van der Waals surface area contributed by atoms with E-state index in [1.54, 1.807) is 0 Å². The molecular weight excluding hydrogens is 379 g/mol. The van der Waals surface area contributed by atoms with Crippen LogP contribution in [0.25, 0.3) is 0 Å². The van der Waals surface area contributed by atoms with E-state index in [2.05, 4.69) is 16.3 Å². The van der Waals surface area contributed by atoms with Gasteiger partial charge in [0.25, 0.3) is 0 Å². The predicted molar refractivity (Wildman–Crippen MR) is 109 cm³/mol. The molecule has 162 valence electrons. The van der Waals surface area contributed by atoms with Gasteiger partial charge in [-0.1, -0.05) is 0 Å². The first-order valence-corrected chi connectivity index (χ1v) is 10.6. The maximum absolute atomic E-state index is 12.9. The van der Waals surface area contributed by atoms with Gasteiger partial charge in [0, 0.05) is 37.3 Å². The molecule has 1 aliphatic heterocycles. The fourth-order valence-electron chi connectivity index (χ4n) is 5.63. The molecule has 1 spiro atoms. The Balaban J connectivity index is 1.36. The van der Waals surface area contributed by atoms with E-state index >= 15 is 0 Å². The number of rotatable bonds is 4. The van der Waals surface area contributed by atoms with Crippen LogP contribution in [0, 0.1) is 12.3 Å². The van der Waals surface area contributed by atoms with Crippen molar-refractivity contribution >= 4 is 11.5 Å². The number of hydrogen-bond acceptors (Lipinski definition) is 5. The first-order valence-electron chi connectivity index (χ1n) is 10.6. The van der Waals surface area contributed by atoms with Crippen molar-refractivity contribution in [1.82, 2.24) is 9.88 Å². The van der Waals surface area contributed by atoms with E-state index in [1.165, 1.54) is 17.7 Å². The Morgan fingerprint density at radius 3 is 2.28 bits per heavy atom. The highest BCUT2D eigenvalue weighted by Gasteiger charge is 2.51. The summed E-state index contributed by atoms with van der Waals surface area (Å²) in [4.78, 5) is 8.41. The maximum atomic E-state index is 12.9. The Hall–Kier alpha value is -1.54. The first kappa shape index (κ1) is 20.7. The lowest BCUT2D eigenvalue weighted by Crippen LogP contribution is -2.59. The summed E-state index contributed by atoms with van der Waals surface area (Å²) in [6, 6.07) is 4.56. The predicted octanol–water partition coefficient (Wildman–Crippen LogP) is 3.53. The highest BCUT2D eigenvalue weighted by atomic mass is 19.4.